The lowest BCUT2D eigenvalue weighted by molar-refractivity contribution is 0.414. The molecule has 120 valence electrons. The number of nitrogens with zero attached hydrogens (tertiary/aromatic N) is 3. The van der Waals surface area contributed by atoms with E-state index >= 15 is 0 Å². The zero-order chi connectivity index (χ0) is 16.4. The van der Waals surface area contributed by atoms with Gasteiger partial charge in [0.15, 0.2) is 0 Å². The highest BCUT2D eigenvalue weighted by Crippen LogP contribution is 2.32. The van der Waals surface area contributed by atoms with Crippen LogP contribution in [0.2, 0.25) is 0 Å². The van der Waals surface area contributed by atoms with Crippen molar-refractivity contribution in [3.8, 4) is 17.2 Å². The summed E-state index contributed by atoms with van der Waals surface area (Å²) in [5.74, 6) is 2.38. The molecular formula is C18H15N3O2S. The quantitative estimate of drug-likeness (QED) is 0.712. The van der Waals surface area contributed by atoms with Gasteiger partial charge in [-0.1, -0.05) is 30.3 Å². The molecule has 1 aliphatic rings. The van der Waals surface area contributed by atoms with E-state index in [2.05, 4.69) is 21.3 Å². The summed E-state index contributed by atoms with van der Waals surface area (Å²) in [7, 11) is 1.63. The fourth-order valence-corrected chi connectivity index (χ4v) is 3.40. The van der Waals surface area contributed by atoms with Gasteiger partial charge in [0.05, 0.1) is 29.2 Å². The molecular weight excluding hydrogens is 322 g/mol. The molecule has 0 atom stereocenters. The van der Waals surface area contributed by atoms with Crippen LogP contribution >= 0.6 is 11.8 Å². The van der Waals surface area contributed by atoms with Gasteiger partial charge in [0.1, 0.15) is 5.75 Å². The third kappa shape index (κ3) is 2.92. The van der Waals surface area contributed by atoms with Gasteiger partial charge in [0, 0.05) is 6.42 Å². The van der Waals surface area contributed by atoms with E-state index < -0.39 is 0 Å². The van der Waals surface area contributed by atoms with Gasteiger partial charge in [-0.3, -0.25) is 0 Å². The van der Waals surface area contributed by atoms with Gasteiger partial charge in [-0.2, -0.15) is 0 Å². The zero-order valence-corrected chi connectivity index (χ0v) is 13.9. The Kier molecular flexibility index (Phi) is 4.04. The summed E-state index contributed by atoms with van der Waals surface area (Å²) in [6.07, 6.45) is 0.869. The second-order valence-corrected chi connectivity index (χ2v) is 6.35. The first-order valence-electron chi connectivity index (χ1n) is 7.57. The van der Waals surface area contributed by atoms with Gasteiger partial charge in [-0.25, -0.2) is 4.99 Å². The van der Waals surface area contributed by atoms with E-state index in [9.17, 15) is 0 Å². The number of hydrogen-bond donors (Lipinski definition) is 0. The van der Waals surface area contributed by atoms with Crippen molar-refractivity contribution in [1.29, 1.82) is 0 Å². The standard InChI is InChI=1S/C18H15N3O2S/c1-22-15-9-5-3-7-13(15)18-21-20-16(23-18)11-24-17-10-12-6-2-4-8-14(12)19-17/h2-9H,10-11H2,1H3. The van der Waals surface area contributed by atoms with Crippen LogP contribution < -0.4 is 4.74 Å². The van der Waals surface area contributed by atoms with Gasteiger partial charge in [-0.15, -0.1) is 22.0 Å². The van der Waals surface area contributed by atoms with Crippen LogP contribution in [-0.2, 0) is 12.2 Å². The minimum atomic E-state index is 0.472. The van der Waals surface area contributed by atoms with Crippen LogP contribution in [0.3, 0.4) is 0 Å². The van der Waals surface area contributed by atoms with E-state index in [0.29, 0.717) is 17.5 Å². The molecule has 2 heterocycles. The van der Waals surface area contributed by atoms with Crippen LogP contribution in [0.5, 0.6) is 5.75 Å². The van der Waals surface area contributed by atoms with E-state index in [1.807, 2.05) is 42.5 Å². The molecule has 5 nitrogen and oxygen atoms in total. The summed E-state index contributed by atoms with van der Waals surface area (Å²) in [4.78, 5) is 4.63. The molecule has 0 radical (unpaired) electrons. The van der Waals surface area contributed by atoms with Crippen LogP contribution in [-0.4, -0.2) is 22.4 Å². The van der Waals surface area contributed by atoms with Crippen LogP contribution in [0, 0.1) is 0 Å². The highest BCUT2D eigenvalue weighted by atomic mass is 32.2. The molecule has 0 unspecified atom stereocenters. The number of para-hydroxylation sites is 2. The molecule has 1 aromatic heterocycles. The van der Waals surface area contributed by atoms with Crippen molar-refractivity contribution < 1.29 is 9.15 Å². The summed E-state index contributed by atoms with van der Waals surface area (Å²) < 4.78 is 11.1. The van der Waals surface area contributed by atoms with E-state index in [1.165, 1.54) is 5.56 Å². The first-order valence-corrected chi connectivity index (χ1v) is 8.56. The Morgan fingerprint density at radius 1 is 1.08 bits per heavy atom. The minimum absolute atomic E-state index is 0.472. The third-order valence-corrected chi connectivity index (χ3v) is 4.71. The molecule has 0 spiro atoms. The summed E-state index contributed by atoms with van der Waals surface area (Å²) in [6, 6.07) is 15.8. The van der Waals surface area contributed by atoms with Crippen LogP contribution in [0.15, 0.2) is 57.9 Å². The van der Waals surface area contributed by atoms with Crippen molar-refractivity contribution in [3.63, 3.8) is 0 Å². The number of rotatable bonds is 4. The Morgan fingerprint density at radius 3 is 2.79 bits per heavy atom. The zero-order valence-electron chi connectivity index (χ0n) is 13.1. The Hall–Kier alpha value is -2.60. The second kappa shape index (κ2) is 6.49. The monoisotopic (exact) mass is 337 g/mol. The SMILES string of the molecule is COc1ccccc1-c1nnc(CSC2=Nc3ccccc3C2)o1. The molecule has 2 aromatic carbocycles. The summed E-state index contributed by atoms with van der Waals surface area (Å²) in [5, 5.41) is 9.34. The highest BCUT2D eigenvalue weighted by molar-refractivity contribution is 8.13. The molecule has 0 fully saturated rings. The lowest BCUT2D eigenvalue weighted by atomic mass is 10.2. The summed E-state index contributed by atoms with van der Waals surface area (Å²) in [6.45, 7) is 0. The molecule has 0 saturated heterocycles. The van der Waals surface area contributed by atoms with Crippen LogP contribution in [0.1, 0.15) is 11.5 Å². The Bertz CT molecular complexity index is 905. The number of fused-ring (bicyclic) bond motifs is 1. The van der Waals surface area contributed by atoms with Gasteiger partial charge >= 0.3 is 0 Å². The second-order valence-electron chi connectivity index (χ2n) is 5.30. The van der Waals surface area contributed by atoms with Gasteiger partial charge < -0.3 is 9.15 Å². The number of hydrogen-bond acceptors (Lipinski definition) is 6. The molecule has 0 N–H and O–H groups in total. The molecule has 24 heavy (non-hydrogen) atoms. The molecule has 1 aliphatic heterocycles. The van der Waals surface area contributed by atoms with E-state index in [-0.39, 0.29) is 0 Å². The highest BCUT2D eigenvalue weighted by Gasteiger charge is 2.17. The maximum Gasteiger partial charge on any atom is 0.251 e. The number of aromatic nitrogens is 2. The van der Waals surface area contributed by atoms with Gasteiger partial charge in [0.2, 0.25) is 5.89 Å². The smallest absolute Gasteiger partial charge is 0.251 e. The molecule has 0 saturated carbocycles. The molecule has 4 rings (SSSR count). The first-order chi connectivity index (χ1) is 11.8. The maximum absolute atomic E-state index is 5.77. The Labute approximate surface area is 143 Å². The van der Waals surface area contributed by atoms with Crippen LogP contribution in [0.4, 0.5) is 5.69 Å². The lowest BCUT2D eigenvalue weighted by Crippen LogP contribution is -1.93. The summed E-state index contributed by atoms with van der Waals surface area (Å²) in [5.41, 5.74) is 3.12. The number of thioether (sulfide) groups is 1. The summed E-state index contributed by atoms with van der Waals surface area (Å²) >= 11 is 1.63. The van der Waals surface area contributed by atoms with E-state index in [1.54, 1.807) is 18.9 Å². The molecule has 6 heteroatoms. The number of aliphatic imine (C=N–C) groups is 1. The topological polar surface area (TPSA) is 60.5 Å². The average Bonchev–Trinajstić information content (AvgIpc) is 3.26. The number of methoxy groups -OCH3 is 1. The van der Waals surface area contributed by atoms with Crippen molar-refractivity contribution >= 4 is 22.5 Å². The predicted molar refractivity (Wildman–Crippen MR) is 94.8 cm³/mol. The average molecular weight is 337 g/mol. The largest absolute Gasteiger partial charge is 0.496 e. The van der Waals surface area contributed by atoms with Crippen molar-refractivity contribution in [1.82, 2.24) is 10.2 Å². The fourth-order valence-electron chi connectivity index (χ4n) is 2.58. The van der Waals surface area contributed by atoms with Crippen molar-refractivity contribution in [2.75, 3.05) is 7.11 Å². The van der Waals surface area contributed by atoms with Gasteiger partial charge in [-0.05, 0) is 23.8 Å². The van der Waals surface area contributed by atoms with Crippen LogP contribution in [0.25, 0.3) is 11.5 Å². The van der Waals surface area contributed by atoms with E-state index in [4.69, 9.17) is 9.15 Å². The van der Waals surface area contributed by atoms with Crippen molar-refractivity contribution in [2.24, 2.45) is 4.99 Å². The molecule has 0 bridgehead atoms. The van der Waals surface area contributed by atoms with Crippen molar-refractivity contribution in [3.05, 3.63) is 60.0 Å². The number of ether oxygens (including phenoxy) is 1. The molecule has 3 aromatic rings. The maximum atomic E-state index is 5.77. The van der Waals surface area contributed by atoms with Crippen molar-refractivity contribution in [2.45, 2.75) is 12.2 Å². The normalized spacial score (nSPS) is 12.8. The fraction of sp³-hybridized carbons (Fsp3) is 0.167. The first kappa shape index (κ1) is 15.0. The number of benzene rings is 2. The van der Waals surface area contributed by atoms with Gasteiger partial charge in [0.25, 0.3) is 5.89 Å². The molecule has 0 amide bonds. The lowest BCUT2D eigenvalue weighted by Gasteiger charge is -2.03. The van der Waals surface area contributed by atoms with E-state index in [0.717, 1.165) is 28.5 Å². The minimum Gasteiger partial charge on any atom is -0.496 e. The Balaban J connectivity index is 1.45. The third-order valence-electron chi connectivity index (χ3n) is 3.74. The Morgan fingerprint density at radius 2 is 1.92 bits per heavy atom. The predicted octanol–water partition coefficient (Wildman–Crippen LogP) is 4.26. The molecule has 0 aliphatic carbocycles.